The number of hydrogen-bond donors (Lipinski definition) is 1. The fraction of sp³-hybridized carbons (Fsp3) is 0.625. The first-order valence-electron chi connectivity index (χ1n) is 7.73. The van der Waals surface area contributed by atoms with Crippen LogP contribution in [0.3, 0.4) is 0 Å². The minimum Gasteiger partial charge on any atom is -0.312 e. The molecule has 1 fully saturated rings. The lowest BCUT2D eigenvalue weighted by Crippen LogP contribution is -2.26. The quantitative estimate of drug-likeness (QED) is 0.636. The molecule has 0 aliphatic heterocycles. The molecule has 21 heavy (non-hydrogen) atoms. The number of halogens is 1. The molecule has 0 atom stereocenters. The number of nitro benzene ring substituents is 1. The highest BCUT2D eigenvalue weighted by Gasteiger charge is 2.19. The molecular weight excluding hydrogens is 271 g/mol. The molecule has 0 aromatic heterocycles. The van der Waals surface area contributed by atoms with Gasteiger partial charge < -0.3 is 5.32 Å². The van der Waals surface area contributed by atoms with Crippen molar-refractivity contribution < 1.29 is 9.31 Å². The zero-order valence-electron chi connectivity index (χ0n) is 12.5. The summed E-state index contributed by atoms with van der Waals surface area (Å²) in [5.74, 6) is 0.837. The molecule has 1 aliphatic rings. The SMILES string of the molecule is CCC1CCC(CNCc2ccc([N+](=O)[O-])c(F)c2)CC1. The highest BCUT2D eigenvalue weighted by Crippen LogP contribution is 2.30. The predicted octanol–water partition coefficient (Wildman–Crippen LogP) is 4.04. The molecule has 0 spiro atoms. The van der Waals surface area contributed by atoms with Crippen molar-refractivity contribution in [1.29, 1.82) is 0 Å². The van der Waals surface area contributed by atoms with E-state index in [-0.39, 0.29) is 0 Å². The first kappa shape index (κ1) is 15.9. The van der Waals surface area contributed by atoms with Crippen molar-refractivity contribution in [2.45, 2.75) is 45.6 Å². The molecule has 0 saturated heterocycles. The Balaban J connectivity index is 1.76. The van der Waals surface area contributed by atoms with E-state index < -0.39 is 16.4 Å². The first-order chi connectivity index (χ1) is 10.1. The van der Waals surface area contributed by atoms with Crippen molar-refractivity contribution in [3.63, 3.8) is 0 Å². The molecular formula is C16H23FN2O2. The number of nitrogens with one attached hydrogen (secondary N) is 1. The molecule has 1 aromatic carbocycles. The van der Waals surface area contributed by atoms with Crippen LogP contribution in [0.2, 0.25) is 0 Å². The summed E-state index contributed by atoms with van der Waals surface area (Å²) < 4.78 is 13.5. The Morgan fingerprint density at radius 2 is 1.95 bits per heavy atom. The molecule has 1 N–H and O–H groups in total. The first-order valence-corrected chi connectivity index (χ1v) is 7.73. The molecule has 4 nitrogen and oxygen atoms in total. The lowest BCUT2D eigenvalue weighted by molar-refractivity contribution is -0.387. The Morgan fingerprint density at radius 1 is 1.29 bits per heavy atom. The minimum absolute atomic E-state index is 0.461. The van der Waals surface area contributed by atoms with E-state index in [2.05, 4.69) is 12.2 Å². The molecule has 0 heterocycles. The summed E-state index contributed by atoms with van der Waals surface area (Å²) in [4.78, 5) is 9.86. The maximum absolute atomic E-state index is 13.5. The predicted molar refractivity (Wildman–Crippen MR) is 80.5 cm³/mol. The zero-order chi connectivity index (χ0) is 15.2. The van der Waals surface area contributed by atoms with Gasteiger partial charge in [0, 0.05) is 12.6 Å². The number of nitrogens with zero attached hydrogens (tertiary/aromatic N) is 1. The number of benzene rings is 1. The number of nitro groups is 1. The summed E-state index contributed by atoms with van der Waals surface area (Å²) in [6.07, 6.45) is 6.44. The molecule has 0 bridgehead atoms. The topological polar surface area (TPSA) is 55.2 Å². The second-order valence-electron chi connectivity index (χ2n) is 5.97. The van der Waals surface area contributed by atoms with Crippen molar-refractivity contribution in [2.24, 2.45) is 11.8 Å². The van der Waals surface area contributed by atoms with E-state index >= 15 is 0 Å². The zero-order valence-corrected chi connectivity index (χ0v) is 12.5. The Labute approximate surface area is 124 Å². The van der Waals surface area contributed by atoms with E-state index in [1.807, 2.05) is 0 Å². The molecule has 2 rings (SSSR count). The van der Waals surface area contributed by atoms with Gasteiger partial charge in [0.05, 0.1) is 4.92 Å². The second-order valence-corrected chi connectivity index (χ2v) is 5.97. The van der Waals surface area contributed by atoms with Crippen molar-refractivity contribution in [3.8, 4) is 0 Å². The van der Waals surface area contributed by atoms with Gasteiger partial charge in [-0.15, -0.1) is 0 Å². The van der Waals surface area contributed by atoms with Crippen molar-refractivity contribution >= 4 is 5.69 Å². The van der Waals surface area contributed by atoms with E-state index in [0.29, 0.717) is 12.5 Å². The van der Waals surface area contributed by atoms with Gasteiger partial charge in [0.15, 0.2) is 0 Å². The molecule has 1 saturated carbocycles. The fourth-order valence-electron chi connectivity index (χ4n) is 3.07. The summed E-state index contributed by atoms with van der Waals surface area (Å²) in [6.45, 7) is 3.75. The summed E-state index contributed by atoms with van der Waals surface area (Å²) >= 11 is 0. The van der Waals surface area contributed by atoms with Crippen LogP contribution >= 0.6 is 0 Å². The number of rotatable bonds is 6. The Morgan fingerprint density at radius 3 is 2.52 bits per heavy atom. The van der Waals surface area contributed by atoms with Crippen LogP contribution in [0.25, 0.3) is 0 Å². The van der Waals surface area contributed by atoms with Gasteiger partial charge >= 0.3 is 5.69 Å². The van der Waals surface area contributed by atoms with Crippen LogP contribution in [0.1, 0.15) is 44.6 Å². The van der Waals surface area contributed by atoms with Crippen molar-refractivity contribution in [3.05, 3.63) is 39.7 Å². The lowest BCUT2D eigenvalue weighted by atomic mass is 9.81. The number of hydrogen-bond acceptors (Lipinski definition) is 3. The molecule has 1 aliphatic carbocycles. The monoisotopic (exact) mass is 294 g/mol. The van der Waals surface area contributed by atoms with E-state index in [9.17, 15) is 14.5 Å². The second kappa shape index (κ2) is 7.50. The van der Waals surface area contributed by atoms with E-state index in [0.717, 1.165) is 18.0 Å². The van der Waals surface area contributed by atoms with Gasteiger partial charge in [-0.3, -0.25) is 10.1 Å². The molecule has 1 aromatic rings. The van der Waals surface area contributed by atoms with Crippen molar-refractivity contribution in [2.75, 3.05) is 6.54 Å². The third-order valence-electron chi connectivity index (χ3n) is 4.51. The van der Waals surface area contributed by atoms with Gasteiger partial charge in [0.1, 0.15) is 0 Å². The van der Waals surface area contributed by atoms with Crippen LogP contribution in [0.5, 0.6) is 0 Å². The maximum Gasteiger partial charge on any atom is 0.304 e. The third kappa shape index (κ3) is 4.49. The summed E-state index contributed by atoms with van der Waals surface area (Å²) in [7, 11) is 0. The molecule has 5 heteroatoms. The average Bonchev–Trinajstić information content (AvgIpc) is 2.47. The normalized spacial score (nSPS) is 22.2. The third-order valence-corrected chi connectivity index (χ3v) is 4.51. The van der Waals surface area contributed by atoms with Crippen LogP contribution in [-0.2, 0) is 6.54 Å². The van der Waals surface area contributed by atoms with E-state index in [1.54, 1.807) is 6.07 Å². The van der Waals surface area contributed by atoms with Gasteiger partial charge in [0.25, 0.3) is 0 Å². The van der Waals surface area contributed by atoms with Crippen LogP contribution < -0.4 is 5.32 Å². The smallest absolute Gasteiger partial charge is 0.304 e. The van der Waals surface area contributed by atoms with Crippen LogP contribution in [0, 0.1) is 27.8 Å². The average molecular weight is 294 g/mol. The van der Waals surface area contributed by atoms with Crippen LogP contribution in [0.4, 0.5) is 10.1 Å². The Bertz CT molecular complexity index is 485. The van der Waals surface area contributed by atoms with Gasteiger partial charge in [-0.1, -0.05) is 32.3 Å². The standard InChI is InChI=1S/C16H23FN2O2/c1-2-12-3-5-13(6-4-12)10-18-11-14-7-8-16(19(20)21)15(17)9-14/h7-9,12-13,18H,2-6,10-11H2,1H3. The Hall–Kier alpha value is -1.49. The molecule has 0 radical (unpaired) electrons. The highest BCUT2D eigenvalue weighted by molar-refractivity contribution is 5.34. The van der Waals surface area contributed by atoms with E-state index in [1.165, 1.54) is 44.2 Å². The van der Waals surface area contributed by atoms with Gasteiger partial charge in [0.2, 0.25) is 5.82 Å². The van der Waals surface area contributed by atoms with Crippen molar-refractivity contribution in [1.82, 2.24) is 5.32 Å². The van der Waals surface area contributed by atoms with Crippen LogP contribution in [-0.4, -0.2) is 11.5 Å². The minimum atomic E-state index is -0.761. The van der Waals surface area contributed by atoms with E-state index in [4.69, 9.17) is 0 Å². The lowest BCUT2D eigenvalue weighted by Gasteiger charge is -2.27. The summed E-state index contributed by atoms with van der Waals surface area (Å²) in [6, 6.07) is 4.10. The van der Waals surface area contributed by atoms with Crippen LogP contribution in [0.15, 0.2) is 18.2 Å². The summed E-state index contributed by atoms with van der Waals surface area (Å²) in [5, 5.41) is 13.9. The molecule has 0 unspecified atom stereocenters. The van der Waals surface area contributed by atoms with Gasteiger partial charge in [-0.05, 0) is 42.9 Å². The largest absolute Gasteiger partial charge is 0.312 e. The highest BCUT2D eigenvalue weighted by atomic mass is 19.1. The molecule has 0 amide bonds. The summed E-state index contributed by atoms with van der Waals surface area (Å²) in [5.41, 5.74) is 0.289. The maximum atomic E-state index is 13.5. The fourth-order valence-corrected chi connectivity index (χ4v) is 3.07. The van der Waals surface area contributed by atoms with Gasteiger partial charge in [-0.25, -0.2) is 0 Å². The Kier molecular flexibility index (Phi) is 5.67. The molecule has 116 valence electrons. The van der Waals surface area contributed by atoms with Gasteiger partial charge in [-0.2, -0.15) is 4.39 Å².